The fourth-order valence-corrected chi connectivity index (χ4v) is 5.50. The number of halogens is 3. The molecule has 2 aromatic carbocycles. The Morgan fingerprint density at radius 3 is 2.42 bits per heavy atom. The van der Waals surface area contributed by atoms with Crippen LogP contribution in [0.15, 0.2) is 46.1 Å². The predicted octanol–water partition coefficient (Wildman–Crippen LogP) is 5.89. The zero-order valence-corrected chi connectivity index (χ0v) is 21.2. The molecule has 0 spiro atoms. The molecule has 1 N–H and O–H groups in total. The first-order valence-corrected chi connectivity index (χ1v) is 13.2. The fourth-order valence-electron chi connectivity index (χ4n) is 3.17. The van der Waals surface area contributed by atoms with Gasteiger partial charge >= 0.3 is 0 Å². The highest BCUT2D eigenvalue weighted by Crippen LogP contribution is 2.28. The van der Waals surface area contributed by atoms with Gasteiger partial charge in [-0.15, -0.1) is 11.3 Å². The lowest BCUT2D eigenvalue weighted by Gasteiger charge is -2.32. The Balaban J connectivity index is 1.82. The number of nitrogens with one attached hydrogen (secondary N) is 1. The molecule has 0 unspecified atom stereocenters. The fraction of sp³-hybridized carbons (Fsp3) is 0.348. The third-order valence-corrected chi connectivity index (χ3v) is 8.05. The second kappa shape index (κ2) is 10.0. The van der Waals surface area contributed by atoms with Crippen molar-refractivity contribution in [2.45, 2.75) is 50.0 Å². The first kappa shape index (κ1) is 25.6. The molecule has 0 aliphatic heterocycles. The Morgan fingerprint density at radius 2 is 1.85 bits per heavy atom. The van der Waals surface area contributed by atoms with Gasteiger partial charge in [0, 0.05) is 34.7 Å². The Kier molecular flexibility index (Phi) is 7.78. The van der Waals surface area contributed by atoms with Crippen molar-refractivity contribution in [3.8, 4) is 0 Å². The average Bonchev–Trinajstić information content (AvgIpc) is 3.18. The number of rotatable bonds is 8. The number of anilines is 1. The van der Waals surface area contributed by atoms with Crippen molar-refractivity contribution >= 4 is 38.5 Å². The predicted molar refractivity (Wildman–Crippen MR) is 129 cm³/mol. The Labute approximate surface area is 202 Å². The summed E-state index contributed by atoms with van der Waals surface area (Å²) < 4.78 is 54.5. The maximum absolute atomic E-state index is 14.7. The molecule has 0 amide bonds. The van der Waals surface area contributed by atoms with Crippen LogP contribution >= 0.6 is 22.9 Å². The number of aromatic nitrogens is 1. The molecule has 1 aromatic heterocycles. The number of thiazole rings is 1. The van der Waals surface area contributed by atoms with Gasteiger partial charge < -0.3 is 5.32 Å². The summed E-state index contributed by atoms with van der Waals surface area (Å²) in [5.74, 6) is -2.87. The second-order valence-corrected chi connectivity index (χ2v) is 11.8. The summed E-state index contributed by atoms with van der Waals surface area (Å²) >= 11 is 7.63. The zero-order chi connectivity index (χ0) is 24.4. The number of benzene rings is 2. The van der Waals surface area contributed by atoms with Gasteiger partial charge in [-0.1, -0.05) is 23.7 Å². The van der Waals surface area contributed by atoms with Crippen molar-refractivity contribution in [2.24, 2.45) is 0 Å². The summed E-state index contributed by atoms with van der Waals surface area (Å²) in [6.45, 7) is 7.16. The lowest BCUT2D eigenvalue weighted by molar-refractivity contribution is 0.167. The molecule has 1 heterocycles. The van der Waals surface area contributed by atoms with E-state index < -0.39 is 32.1 Å². The van der Waals surface area contributed by atoms with Crippen LogP contribution in [0.2, 0.25) is 5.02 Å². The normalized spacial score (nSPS) is 12.4. The maximum atomic E-state index is 14.7. The smallest absolute Gasteiger partial charge is 0.189 e. The van der Waals surface area contributed by atoms with Crippen molar-refractivity contribution in [3.05, 3.63) is 74.7 Å². The van der Waals surface area contributed by atoms with Crippen molar-refractivity contribution in [1.29, 1.82) is 0 Å². The Morgan fingerprint density at radius 1 is 1.18 bits per heavy atom. The van der Waals surface area contributed by atoms with Crippen LogP contribution in [0.4, 0.5) is 14.5 Å². The number of hydrogen-bond acceptors (Lipinski definition) is 6. The third-order valence-electron chi connectivity index (χ3n) is 5.37. The summed E-state index contributed by atoms with van der Waals surface area (Å²) in [7, 11) is -2.22. The molecule has 33 heavy (non-hydrogen) atoms. The molecule has 0 bridgehead atoms. The molecule has 0 radical (unpaired) electrons. The summed E-state index contributed by atoms with van der Waals surface area (Å²) in [6.07, 6.45) is 0. The molecule has 0 atom stereocenters. The van der Waals surface area contributed by atoms with Gasteiger partial charge in [0.25, 0.3) is 0 Å². The molecule has 3 aromatic rings. The second-order valence-electron chi connectivity index (χ2n) is 8.77. The third kappa shape index (κ3) is 6.29. The molecule has 178 valence electrons. The molecule has 0 saturated heterocycles. The van der Waals surface area contributed by atoms with E-state index in [1.54, 1.807) is 6.07 Å². The zero-order valence-electron chi connectivity index (χ0n) is 18.8. The van der Waals surface area contributed by atoms with E-state index in [4.69, 9.17) is 11.6 Å². The van der Waals surface area contributed by atoms with Crippen LogP contribution < -0.4 is 5.32 Å². The molecule has 0 aliphatic carbocycles. The van der Waals surface area contributed by atoms with Crippen LogP contribution in [0, 0.1) is 11.6 Å². The maximum Gasteiger partial charge on any atom is 0.189 e. The van der Waals surface area contributed by atoms with E-state index in [0.29, 0.717) is 11.6 Å². The van der Waals surface area contributed by atoms with Crippen LogP contribution in [0.1, 0.15) is 37.6 Å². The number of sulfone groups is 1. The number of nitrogens with zero attached hydrogens (tertiary/aromatic N) is 2. The quantitative estimate of drug-likeness (QED) is 0.407. The van der Waals surface area contributed by atoms with Gasteiger partial charge in [-0.2, -0.15) is 0 Å². The van der Waals surface area contributed by atoms with Gasteiger partial charge in [-0.25, -0.2) is 22.2 Å². The van der Waals surface area contributed by atoms with E-state index in [1.165, 1.54) is 22.2 Å². The topological polar surface area (TPSA) is 62.3 Å². The van der Waals surface area contributed by atoms with E-state index in [2.05, 4.69) is 36.0 Å². The van der Waals surface area contributed by atoms with Crippen molar-refractivity contribution in [3.63, 3.8) is 0 Å². The van der Waals surface area contributed by atoms with E-state index in [1.807, 2.05) is 19.2 Å². The van der Waals surface area contributed by atoms with Gasteiger partial charge in [0.2, 0.25) is 0 Å². The summed E-state index contributed by atoms with van der Waals surface area (Å²) in [5.41, 5.74) is 3.55. The Bertz CT molecular complexity index is 1200. The van der Waals surface area contributed by atoms with Gasteiger partial charge in [-0.3, -0.25) is 4.90 Å². The van der Waals surface area contributed by atoms with E-state index >= 15 is 0 Å². The summed E-state index contributed by atoms with van der Waals surface area (Å²) in [4.78, 5) is 5.10. The summed E-state index contributed by atoms with van der Waals surface area (Å²) in [5, 5.41) is 5.03. The first-order chi connectivity index (χ1) is 15.4. The highest BCUT2D eigenvalue weighted by molar-refractivity contribution is 7.90. The molecule has 0 fully saturated rings. The lowest BCUT2D eigenvalue weighted by atomic mass is 10.0. The van der Waals surface area contributed by atoms with Gasteiger partial charge in [-0.05, 0) is 57.1 Å². The SMILES string of the molecule is CN(Cc1cccc(Cl)c1CNc1cc(F)c(S(=O)(=O)Cc2cscn2)c(F)c1)C(C)(C)C. The largest absolute Gasteiger partial charge is 0.381 e. The van der Waals surface area contributed by atoms with E-state index in [9.17, 15) is 17.2 Å². The molecule has 5 nitrogen and oxygen atoms in total. The summed E-state index contributed by atoms with van der Waals surface area (Å²) in [6, 6.07) is 7.54. The van der Waals surface area contributed by atoms with Crippen LogP contribution in [0.25, 0.3) is 0 Å². The van der Waals surface area contributed by atoms with Crippen molar-refractivity contribution < 1.29 is 17.2 Å². The van der Waals surface area contributed by atoms with Gasteiger partial charge in [0.05, 0.1) is 17.0 Å². The van der Waals surface area contributed by atoms with Gasteiger partial charge in [0.15, 0.2) is 9.84 Å². The molecule has 0 aliphatic rings. The van der Waals surface area contributed by atoms with Crippen molar-refractivity contribution in [1.82, 2.24) is 9.88 Å². The lowest BCUT2D eigenvalue weighted by Crippen LogP contribution is -2.37. The van der Waals surface area contributed by atoms with Crippen LogP contribution in [0.5, 0.6) is 0 Å². The van der Waals surface area contributed by atoms with E-state index in [-0.39, 0.29) is 23.5 Å². The standard InChI is InChI=1S/C23H26ClF2N3O2S2/c1-23(2,3)29(4)11-15-6-5-7-19(24)18(15)10-27-16-8-20(25)22(21(26)9-16)33(30,31)13-17-12-32-14-28-17/h5-9,12,14,27H,10-11,13H2,1-4H3. The molecule has 3 rings (SSSR count). The number of hydrogen-bond donors (Lipinski definition) is 1. The van der Waals surface area contributed by atoms with Crippen LogP contribution in [-0.2, 0) is 28.7 Å². The average molecular weight is 514 g/mol. The van der Waals surface area contributed by atoms with Crippen molar-refractivity contribution in [2.75, 3.05) is 12.4 Å². The highest BCUT2D eigenvalue weighted by atomic mass is 35.5. The molecular weight excluding hydrogens is 488 g/mol. The Hall–Kier alpha value is -2.07. The molecule has 10 heteroatoms. The molecule has 0 saturated carbocycles. The monoisotopic (exact) mass is 513 g/mol. The minimum atomic E-state index is -4.23. The first-order valence-electron chi connectivity index (χ1n) is 10.2. The van der Waals surface area contributed by atoms with E-state index in [0.717, 1.165) is 23.3 Å². The van der Waals surface area contributed by atoms with Gasteiger partial charge in [0.1, 0.15) is 16.5 Å². The van der Waals surface area contributed by atoms with Crippen LogP contribution in [-0.4, -0.2) is 30.9 Å². The minimum absolute atomic E-state index is 0.0564. The van der Waals surface area contributed by atoms with Crippen LogP contribution in [0.3, 0.4) is 0 Å². The minimum Gasteiger partial charge on any atom is -0.381 e. The highest BCUT2D eigenvalue weighted by Gasteiger charge is 2.26. The molecular formula is C23H26ClF2N3O2S2.